The Labute approximate surface area is 327 Å². The van der Waals surface area contributed by atoms with Gasteiger partial charge in [-0.05, 0) is 32.1 Å². The molecule has 0 spiro atoms. The van der Waals surface area contributed by atoms with Crippen molar-refractivity contribution in [1.29, 1.82) is 0 Å². The number of hydrogen-bond acceptors (Lipinski definition) is 7. The minimum atomic E-state index is -1.12. The van der Waals surface area contributed by atoms with Crippen LogP contribution in [0.4, 0.5) is 0 Å². The number of allylic oxidation sites excluding steroid dienone is 2. The van der Waals surface area contributed by atoms with E-state index in [1.54, 1.807) is 21.1 Å². The standard InChI is InChI=1S/C45H85NO7/c1-6-8-10-12-14-16-18-19-20-21-22-23-24-26-27-29-31-33-35-43(47)52-40-41(39-51-38-37-42(45(49)50)46(3,4)5)53-44(48)36-34-32-30-28-25-17-15-13-11-9-7-2/h13,15,41-42H,6-12,14,16-40H2,1-5H3/b15-13-. The van der Waals surface area contributed by atoms with Gasteiger partial charge in [-0.3, -0.25) is 9.59 Å². The molecule has 312 valence electrons. The van der Waals surface area contributed by atoms with Crippen LogP contribution < -0.4 is 5.11 Å². The molecule has 0 N–H and O–H groups in total. The maximum absolute atomic E-state index is 12.7. The molecule has 0 aliphatic rings. The van der Waals surface area contributed by atoms with Gasteiger partial charge in [0.15, 0.2) is 6.10 Å². The molecule has 8 heteroatoms. The number of carboxylic acid groups (broad SMARTS) is 1. The molecule has 0 aromatic carbocycles. The molecular formula is C45H85NO7. The molecule has 0 heterocycles. The van der Waals surface area contributed by atoms with Crippen LogP contribution in [0.5, 0.6) is 0 Å². The molecule has 2 unspecified atom stereocenters. The van der Waals surface area contributed by atoms with Crippen molar-refractivity contribution in [2.45, 2.75) is 219 Å². The molecule has 0 aromatic rings. The van der Waals surface area contributed by atoms with Crippen molar-refractivity contribution in [1.82, 2.24) is 0 Å². The second-order valence-corrected chi connectivity index (χ2v) is 16.3. The van der Waals surface area contributed by atoms with Gasteiger partial charge in [-0.15, -0.1) is 0 Å². The largest absolute Gasteiger partial charge is 0.544 e. The van der Waals surface area contributed by atoms with Crippen molar-refractivity contribution in [3.8, 4) is 0 Å². The summed E-state index contributed by atoms with van der Waals surface area (Å²) in [6.45, 7) is 4.64. The van der Waals surface area contributed by atoms with Gasteiger partial charge in [-0.1, -0.05) is 167 Å². The van der Waals surface area contributed by atoms with Gasteiger partial charge >= 0.3 is 11.9 Å². The second kappa shape index (κ2) is 37.0. The maximum atomic E-state index is 12.7. The molecule has 0 saturated carbocycles. The lowest BCUT2D eigenvalue weighted by molar-refractivity contribution is -0.889. The highest BCUT2D eigenvalue weighted by Gasteiger charge is 2.25. The first-order chi connectivity index (χ1) is 25.6. The molecule has 0 aliphatic heterocycles. The summed E-state index contributed by atoms with van der Waals surface area (Å²) in [5.41, 5.74) is 0. The number of carbonyl (C=O) groups is 3. The van der Waals surface area contributed by atoms with E-state index >= 15 is 0 Å². The van der Waals surface area contributed by atoms with Crippen LogP contribution in [0.15, 0.2) is 12.2 Å². The normalized spacial score (nSPS) is 13.0. The number of quaternary nitrogens is 1. The SMILES string of the molecule is CCCC/C=C\CCCCCCCC(=O)OC(COCCC(C(=O)[O-])[N+](C)(C)C)COC(=O)CCCCCCCCCCCCCCCCCCCC. The van der Waals surface area contributed by atoms with Gasteiger partial charge in [0.05, 0.1) is 40.3 Å². The number of carbonyl (C=O) groups excluding carboxylic acids is 3. The van der Waals surface area contributed by atoms with Gasteiger partial charge in [0.25, 0.3) is 0 Å². The lowest BCUT2D eigenvalue weighted by Gasteiger charge is -2.34. The Bertz CT molecular complexity index is 885. The van der Waals surface area contributed by atoms with Crippen LogP contribution in [0, 0.1) is 0 Å². The minimum Gasteiger partial charge on any atom is -0.544 e. The summed E-state index contributed by atoms with van der Waals surface area (Å²) < 4.78 is 17.1. The Hall–Kier alpha value is -1.93. The van der Waals surface area contributed by atoms with E-state index in [0.29, 0.717) is 12.8 Å². The number of unbranched alkanes of at least 4 members (excludes halogenated alkanes) is 24. The highest BCUT2D eigenvalue weighted by molar-refractivity contribution is 5.70. The van der Waals surface area contributed by atoms with E-state index in [9.17, 15) is 19.5 Å². The zero-order valence-electron chi connectivity index (χ0n) is 35.4. The molecule has 0 amide bonds. The minimum absolute atomic E-state index is 0.0426. The highest BCUT2D eigenvalue weighted by atomic mass is 16.6. The Morgan fingerprint density at radius 1 is 0.547 bits per heavy atom. The molecule has 0 radical (unpaired) electrons. The average Bonchev–Trinajstić information content (AvgIpc) is 3.11. The maximum Gasteiger partial charge on any atom is 0.306 e. The molecular weight excluding hydrogens is 666 g/mol. The summed E-state index contributed by atoms with van der Waals surface area (Å²) in [6, 6.07) is -0.722. The van der Waals surface area contributed by atoms with Crippen molar-refractivity contribution < 1.29 is 38.2 Å². The number of aliphatic carboxylic acids is 1. The molecule has 2 atom stereocenters. The number of likely N-dealkylation sites (N-methyl/N-ethyl adjacent to an activating group) is 1. The van der Waals surface area contributed by atoms with Gasteiger partial charge in [0.1, 0.15) is 12.6 Å². The van der Waals surface area contributed by atoms with E-state index in [1.807, 2.05) is 0 Å². The topological polar surface area (TPSA) is 102 Å². The van der Waals surface area contributed by atoms with Gasteiger partial charge < -0.3 is 28.6 Å². The highest BCUT2D eigenvalue weighted by Crippen LogP contribution is 2.16. The summed E-state index contributed by atoms with van der Waals surface area (Å²) in [6.07, 6.45) is 38.1. The average molecular weight is 752 g/mol. The monoisotopic (exact) mass is 752 g/mol. The quantitative estimate of drug-likeness (QED) is 0.0266. The van der Waals surface area contributed by atoms with E-state index < -0.39 is 18.1 Å². The number of ether oxygens (including phenoxy) is 3. The van der Waals surface area contributed by atoms with E-state index in [4.69, 9.17) is 14.2 Å². The zero-order chi connectivity index (χ0) is 39.3. The van der Waals surface area contributed by atoms with Crippen molar-refractivity contribution >= 4 is 17.9 Å². The Balaban J connectivity index is 4.25. The fourth-order valence-corrected chi connectivity index (χ4v) is 6.64. The fourth-order valence-electron chi connectivity index (χ4n) is 6.64. The van der Waals surface area contributed by atoms with E-state index in [-0.39, 0.29) is 42.7 Å². The third-order valence-electron chi connectivity index (χ3n) is 10.2. The summed E-state index contributed by atoms with van der Waals surface area (Å²) in [7, 11) is 5.41. The van der Waals surface area contributed by atoms with Crippen LogP contribution in [0.25, 0.3) is 0 Å². The first-order valence-corrected chi connectivity index (χ1v) is 22.2. The Morgan fingerprint density at radius 2 is 0.962 bits per heavy atom. The molecule has 0 rings (SSSR count). The fraction of sp³-hybridized carbons (Fsp3) is 0.889. The third-order valence-corrected chi connectivity index (χ3v) is 10.2. The lowest BCUT2D eigenvalue weighted by Crippen LogP contribution is -2.55. The molecule has 0 fully saturated rings. The number of nitrogens with zero attached hydrogens (tertiary/aromatic N) is 1. The van der Waals surface area contributed by atoms with Crippen LogP contribution in [-0.2, 0) is 28.6 Å². The van der Waals surface area contributed by atoms with E-state index in [1.165, 1.54) is 122 Å². The van der Waals surface area contributed by atoms with Crippen molar-refractivity contribution in [3.63, 3.8) is 0 Å². The predicted octanol–water partition coefficient (Wildman–Crippen LogP) is 10.6. The molecule has 0 aromatic heterocycles. The van der Waals surface area contributed by atoms with Gasteiger partial charge in [-0.25, -0.2) is 0 Å². The molecule has 0 bridgehead atoms. The molecule has 0 saturated heterocycles. The van der Waals surface area contributed by atoms with Crippen LogP contribution in [-0.4, -0.2) is 75.5 Å². The van der Waals surface area contributed by atoms with E-state index in [2.05, 4.69) is 26.0 Å². The smallest absolute Gasteiger partial charge is 0.306 e. The summed E-state index contributed by atoms with van der Waals surface area (Å²) >= 11 is 0. The van der Waals surface area contributed by atoms with Crippen LogP contribution in [0.3, 0.4) is 0 Å². The van der Waals surface area contributed by atoms with E-state index in [0.717, 1.165) is 51.4 Å². The summed E-state index contributed by atoms with van der Waals surface area (Å²) in [5, 5.41) is 11.6. The van der Waals surface area contributed by atoms with Crippen molar-refractivity contribution in [2.24, 2.45) is 0 Å². The molecule has 53 heavy (non-hydrogen) atoms. The molecule has 8 nitrogen and oxygen atoms in total. The van der Waals surface area contributed by atoms with Crippen molar-refractivity contribution in [3.05, 3.63) is 12.2 Å². The second-order valence-electron chi connectivity index (χ2n) is 16.3. The summed E-state index contributed by atoms with van der Waals surface area (Å²) in [4.78, 5) is 36.8. The van der Waals surface area contributed by atoms with Gasteiger partial charge in [0.2, 0.25) is 0 Å². The van der Waals surface area contributed by atoms with Gasteiger partial charge in [-0.2, -0.15) is 0 Å². The lowest BCUT2D eigenvalue weighted by atomic mass is 10.0. The first kappa shape index (κ1) is 51.1. The zero-order valence-corrected chi connectivity index (χ0v) is 35.4. The Morgan fingerprint density at radius 3 is 1.42 bits per heavy atom. The third kappa shape index (κ3) is 35.5. The summed E-state index contributed by atoms with van der Waals surface area (Å²) in [5.74, 6) is -1.73. The number of hydrogen-bond donors (Lipinski definition) is 0. The Kier molecular flexibility index (Phi) is 35.7. The predicted molar refractivity (Wildman–Crippen MR) is 217 cm³/mol. The van der Waals surface area contributed by atoms with Crippen LogP contribution >= 0.6 is 0 Å². The number of carboxylic acids is 1. The number of esters is 2. The number of rotatable bonds is 40. The van der Waals surface area contributed by atoms with Crippen LogP contribution in [0.2, 0.25) is 0 Å². The molecule has 0 aliphatic carbocycles. The van der Waals surface area contributed by atoms with Gasteiger partial charge in [0, 0.05) is 19.3 Å². The van der Waals surface area contributed by atoms with Crippen LogP contribution in [0.1, 0.15) is 206 Å². The van der Waals surface area contributed by atoms with Crippen molar-refractivity contribution in [2.75, 3.05) is 41.0 Å². The first-order valence-electron chi connectivity index (χ1n) is 22.2.